The molecular weight excluding hydrogens is 284 g/mol. The first-order chi connectivity index (χ1) is 9.83. The van der Waals surface area contributed by atoms with Gasteiger partial charge in [-0.25, -0.2) is 0 Å². The highest BCUT2D eigenvalue weighted by Crippen LogP contribution is 2.39. The van der Waals surface area contributed by atoms with E-state index in [1.165, 1.54) is 25.7 Å². The Morgan fingerprint density at radius 3 is 2.65 bits per heavy atom. The van der Waals surface area contributed by atoms with Crippen LogP contribution in [0.5, 0.6) is 0 Å². The Morgan fingerprint density at radius 1 is 0.900 bits per heavy atom. The summed E-state index contributed by atoms with van der Waals surface area (Å²) in [5.41, 5.74) is 2.34. The van der Waals surface area contributed by atoms with Crippen molar-refractivity contribution in [1.82, 2.24) is 0 Å². The van der Waals surface area contributed by atoms with Crippen molar-refractivity contribution in [2.24, 2.45) is 0 Å². The second-order valence-electron chi connectivity index (χ2n) is 4.72. The molecule has 0 N–H and O–H groups in total. The van der Waals surface area contributed by atoms with Crippen LogP contribution in [0.4, 0.5) is 0 Å². The minimum absolute atomic E-state index is 0.723. The molecule has 95 valence electrons. The third-order valence-corrected chi connectivity index (χ3v) is 4.91. The molecule has 0 spiro atoms. The quantitative estimate of drug-likeness (QED) is 0.393. The fourth-order valence-corrected chi connectivity index (χ4v) is 3.99. The number of thiophene rings is 1. The van der Waals surface area contributed by atoms with Crippen molar-refractivity contribution in [2.75, 3.05) is 0 Å². The molecule has 0 nitrogen and oxygen atoms in total. The molecule has 3 aromatic carbocycles. The summed E-state index contributed by atoms with van der Waals surface area (Å²) >= 11 is 7.93. The molecule has 20 heavy (non-hydrogen) atoms. The predicted molar refractivity (Wildman–Crippen MR) is 88.6 cm³/mol. The van der Waals surface area contributed by atoms with Crippen LogP contribution in [0.3, 0.4) is 0 Å². The van der Waals surface area contributed by atoms with Crippen LogP contribution in [0.25, 0.3) is 31.3 Å². The van der Waals surface area contributed by atoms with Gasteiger partial charge in [0.05, 0.1) is 0 Å². The largest absolute Gasteiger partial charge is 0.135 e. The highest BCUT2D eigenvalue weighted by atomic mass is 35.5. The van der Waals surface area contributed by atoms with Crippen LogP contribution in [0, 0.1) is 6.07 Å². The van der Waals surface area contributed by atoms with E-state index in [2.05, 4.69) is 48.5 Å². The minimum atomic E-state index is 0.723. The van der Waals surface area contributed by atoms with E-state index in [1.807, 2.05) is 23.5 Å². The Bertz CT molecular complexity index is 921. The monoisotopic (exact) mass is 293 g/mol. The standard InChI is InChI=1S/C18H10ClS/c19-13-6-3-5-12(11-13)14-8-4-9-16-15-7-1-2-10-17(15)20-18(14)16/h1-2,4-11H. The van der Waals surface area contributed by atoms with Gasteiger partial charge in [-0.2, -0.15) is 0 Å². The normalized spacial score (nSPS) is 11.2. The highest BCUT2D eigenvalue weighted by molar-refractivity contribution is 7.26. The van der Waals surface area contributed by atoms with Crippen LogP contribution in [0.15, 0.2) is 60.7 Å². The van der Waals surface area contributed by atoms with E-state index < -0.39 is 0 Å². The minimum Gasteiger partial charge on any atom is -0.135 e. The number of hydrogen-bond acceptors (Lipinski definition) is 1. The zero-order valence-corrected chi connectivity index (χ0v) is 12.1. The van der Waals surface area contributed by atoms with Crippen LogP contribution < -0.4 is 0 Å². The molecule has 0 saturated carbocycles. The molecule has 0 aliphatic carbocycles. The average Bonchev–Trinajstić information content (AvgIpc) is 2.86. The third-order valence-electron chi connectivity index (χ3n) is 3.47. The molecule has 0 atom stereocenters. The van der Waals surface area contributed by atoms with Crippen molar-refractivity contribution in [3.63, 3.8) is 0 Å². The first-order valence-corrected chi connectivity index (χ1v) is 7.60. The lowest BCUT2D eigenvalue weighted by atomic mass is 10.0. The van der Waals surface area contributed by atoms with Crippen molar-refractivity contribution in [3.05, 3.63) is 71.8 Å². The maximum Gasteiger partial charge on any atom is 0.0433 e. The van der Waals surface area contributed by atoms with E-state index in [0.29, 0.717) is 0 Å². The molecular formula is C18H10ClS. The van der Waals surface area contributed by atoms with E-state index in [9.17, 15) is 0 Å². The van der Waals surface area contributed by atoms with E-state index in [-0.39, 0.29) is 0 Å². The Labute approximate surface area is 126 Å². The lowest BCUT2D eigenvalue weighted by Crippen LogP contribution is -1.78. The van der Waals surface area contributed by atoms with Gasteiger partial charge in [-0.05, 0) is 41.5 Å². The fraction of sp³-hybridized carbons (Fsp3) is 0. The summed E-state index contributed by atoms with van der Waals surface area (Å²) in [6.07, 6.45) is 0. The second-order valence-corrected chi connectivity index (χ2v) is 6.21. The molecule has 4 rings (SSSR count). The average molecular weight is 294 g/mol. The maximum absolute atomic E-state index is 6.10. The Balaban J connectivity index is 2.10. The van der Waals surface area contributed by atoms with Gasteiger partial charge >= 0.3 is 0 Å². The zero-order valence-electron chi connectivity index (χ0n) is 10.6. The topological polar surface area (TPSA) is 0 Å². The van der Waals surface area contributed by atoms with Gasteiger partial charge in [-0.1, -0.05) is 48.0 Å². The maximum atomic E-state index is 6.10. The van der Waals surface area contributed by atoms with E-state index in [1.54, 1.807) is 6.07 Å². The van der Waals surface area contributed by atoms with E-state index in [4.69, 9.17) is 11.6 Å². The summed E-state index contributed by atoms with van der Waals surface area (Å²) in [5.74, 6) is 0. The van der Waals surface area contributed by atoms with Gasteiger partial charge in [0.25, 0.3) is 0 Å². The number of benzene rings is 3. The van der Waals surface area contributed by atoms with Crippen molar-refractivity contribution < 1.29 is 0 Å². The molecule has 0 saturated heterocycles. The van der Waals surface area contributed by atoms with Crippen LogP contribution in [0.1, 0.15) is 0 Å². The predicted octanol–water partition coefficient (Wildman–Crippen LogP) is 6.18. The van der Waals surface area contributed by atoms with Crippen LogP contribution in [-0.4, -0.2) is 0 Å². The van der Waals surface area contributed by atoms with Crippen LogP contribution >= 0.6 is 22.9 Å². The van der Waals surface area contributed by atoms with Crippen LogP contribution in [-0.2, 0) is 0 Å². The lowest BCUT2D eigenvalue weighted by Gasteiger charge is -2.03. The van der Waals surface area contributed by atoms with Gasteiger partial charge in [0.2, 0.25) is 0 Å². The number of halogens is 1. The van der Waals surface area contributed by atoms with Gasteiger partial charge in [0.15, 0.2) is 0 Å². The fourth-order valence-electron chi connectivity index (χ4n) is 2.57. The summed E-state index contributed by atoms with van der Waals surface area (Å²) in [6.45, 7) is 0. The molecule has 1 radical (unpaired) electrons. The van der Waals surface area contributed by atoms with Crippen molar-refractivity contribution in [3.8, 4) is 11.1 Å². The van der Waals surface area contributed by atoms with E-state index in [0.717, 1.165) is 10.6 Å². The number of rotatable bonds is 1. The molecule has 0 bridgehead atoms. The Hall–Kier alpha value is -1.83. The van der Waals surface area contributed by atoms with E-state index >= 15 is 0 Å². The van der Waals surface area contributed by atoms with Gasteiger partial charge in [0.1, 0.15) is 0 Å². The van der Waals surface area contributed by atoms with Gasteiger partial charge in [0, 0.05) is 25.2 Å². The molecule has 2 heteroatoms. The molecule has 0 amide bonds. The van der Waals surface area contributed by atoms with Gasteiger partial charge < -0.3 is 0 Å². The van der Waals surface area contributed by atoms with Crippen molar-refractivity contribution in [1.29, 1.82) is 0 Å². The summed E-state index contributed by atoms with van der Waals surface area (Å²) in [4.78, 5) is 0. The van der Waals surface area contributed by atoms with Gasteiger partial charge in [-0.3, -0.25) is 0 Å². The number of fused-ring (bicyclic) bond motifs is 3. The summed E-state index contributed by atoms with van der Waals surface area (Å²) in [5, 5.41) is 3.35. The third kappa shape index (κ3) is 1.82. The Morgan fingerprint density at radius 2 is 1.75 bits per heavy atom. The highest BCUT2D eigenvalue weighted by Gasteiger charge is 2.09. The smallest absolute Gasteiger partial charge is 0.0433 e. The Kier molecular flexibility index (Phi) is 2.76. The molecule has 4 aromatic rings. The molecule has 1 heterocycles. The SMILES string of the molecule is Clc1c[c]cc(-c2cccc3c2sc2ccccc23)c1. The molecule has 0 fully saturated rings. The number of hydrogen-bond donors (Lipinski definition) is 0. The molecule has 1 aromatic heterocycles. The van der Waals surface area contributed by atoms with Crippen molar-refractivity contribution in [2.45, 2.75) is 0 Å². The van der Waals surface area contributed by atoms with Crippen LogP contribution in [0.2, 0.25) is 5.02 Å². The molecule has 0 aliphatic rings. The first kappa shape index (κ1) is 12.0. The van der Waals surface area contributed by atoms with Gasteiger partial charge in [-0.15, -0.1) is 11.3 Å². The molecule has 0 unspecified atom stereocenters. The second kappa shape index (κ2) is 4.62. The zero-order chi connectivity index (χ0) is 13.5. The first-order valence-electron chi connectivity index (χ1n) is 6.40. The summed E-state index contributed by atoms with van der Waals surface area (Å²) < 4.78 is 2.63. The summed E-state index contributed by atoms with van der Waals surface area (Å²) in [7, 11) is 0. The van der Waals surface area contributed by atoms with Crippen molar-refractivity contribution >= 4 is 43.1 Å². The molecule has 0 aliphatic heterocycles. The summed E-state index contributed by atoms with van der Waals surface area (Å²) in [6, 6.07) is 23.9. The lowest BCUT2D eigenvalue weighted by molar-refractivity contribution is 1.66.